The van der Waals surface area contributed by atoms with Crippen LogP contribution < -0.4 is 10.7 Å². The Kier molecular flexibility index (Phi) is 3.22. The fraction of sp³-hybridized carbons (Fsp3) is 0.364. The Bertz CT molecular complexity index is 453. The van der Waals surface area contributed by atoms with Gasteiger partial charge in [0.25, 0.3) is 5.69 Å². The Balaban J connectivity index is 2.40. The van der Waals surface area contributed by atoms with Crippen molar-refractivity contribution < 1.29 is 4.92 Å². The summed E-state index contributed by atoms with van der Waals surface area (Å²) in [6.07, 6.45) is 3.76. The summed E-state index contributed by atoms with van der Waals surface area (Å²) in [6.45, 7) is 1.95. The van der Waals surface area contributed by atoms with E-state index < -0.39 is 4.92 Å². The van der Waals surface area contributed by atoms with E-state index in [2.05, 4.69) is 10.0 Å². The van der Waals surface area contributed by atoms with Gasteiger partial charge >= 0.3 is 0 Å². The number of nitro groups is 1. The van der Waals surface area contributed by atoms with Crippen LogP contribution in [0.1, 0.15) is 18.4 Å². The van der Waals surface area contributed by atoms with Crippen LogP contribution in [-0.2, 0) is 0 Å². The molecular formula is C11H14N4O2. The van der Waals surface area contributed by atoms with Gasteiger partial charge in [0.1, 0.15) is 0 Å². The van der Waals surface area contributed by atoms with Crippen LogP contribution in [0.2, 0.25) is 0 Å². The molecule has 2 rings (SSSR count). The maximum Gasteiger partial charge on any atom is 0.270 e. The van der Waals surface area contributed by atoms with Crippen molar-refractivity contribution in [3.8, 4) is 0 Å². The maximum atomic E-state index is 10.7. The minimum absolute atomic E-state index is 0.0582. The lowest BCUT2D eigenvalue weighted by atomic mass is 10.1. The zero-order valence-electron chi connectivity index (χ0n) is 9.37. The van der Waals surface area contributed by atoms with E-state index in [0.717, 1.165) is 31.6 Å². The van der Waals surface area contributed by atoms with Crippen LogP contribution >= 0.6 is 0 Å². The molecule has 0 unspecified atom stereocenters. The van der Waals surface area contributed by atoms with Crippen molar-refractivity contribution in [2.24, 2.45) is 10.9 Å². The molecule has 2 N–H and O–H groups in total. The van der Waals surface area contributed by atoms with Gasteiger partial charge in [0.05, 0.1) is 11.1 Å². The summed E-state index contributed by atoms with van der Waals surface area (Å²) < 4.78 is 0. The third kappa shape index (κ3) is 2.35. The number of hydrazone groups is 1. The number of hydrogen-bond donors (Lipinski definition) is 1. The zero-order chi connectivity index (χ0) is 12.3. The first-order chi connectivity index (χ1) is 8.22. The van der Waals surface area contributed by atoms with Crippen molar-refractivity contribution in [3.63, 3.8) is 0 Å². The number of non-ortho nitro benzene ring substituents is 1. The molecule has 0 amide bonds. The van der Waals surface area contributed by atoms with Crippen LogP contribution in [0.3, 0.4) is 0 Å². The fourth-order valence-electron chi connectivity index (χ4n) is 2.09. The first-order valence-corrected chi connectivity index (χ1v) is 5.49. The van der Waals surface area contributed by atoms with E-state index in [1.54, 1.807) is 6.07 Å². The lowest BCUT2D eigenvalue weighted by molar-refractivity contribution is -0.384. The van der Waals surface area contributed by atoms with Crippen molar-refractivity contribution in [2.45, 2.75) is 12.8 Å². The molecule has 1 aliphatic rings. The molecule has 0 spiro atoms. The molecule has 17 heavy (non-hydrogen) atoms. The minimum atomic E-state index is -0.415. The number of hydrogen-bond acceptors (Lipinski definition) is 5. The maximum absolute atomic E-state index is 10.7. The highest BCUT2D eigenvalue weighted by molar-refractivity contribution is 5.89. The first-order valence-electron chi connectivity index (χ1n) is 5.49. The number of anilines is 1. The quantitative estimate of drug-likeness (QED) is 0.371. The summed E-state index contributed by atoms with van der Waals surface area (Å²) in [5, 5.41) is 14.2. The summed E-state index contributed by atoms with van der Waals surface area (Å²) in [7, 11) is 0. The summed E-state index contributed by atoms with van der Waals surface area (Å²) in [5.41, 5.74) is 1.72. The first kappa shape index (κ1) is 11.4. The van der Waals surface area contributed by atoms with Gasteiger partial charge in [-0.2, -0.15) is 5.10 Å². The van der Waals surface area contributed by atoms with E-state index in [1.807, 2.05) is 0 Å². The van der Waals surface area contributed by atoms with Crippen LogP contribution in [0.15, 0.2) is 23.3 Å². The van der Waals surface area contributed by atoms with Crippen LogP contribution in [-0.4, -0.2) is 24.2 Å². The number of benzene rings is 1. The molecule has 1 heterocycles. The Morgan fingerprint density at radius 2 is 2.12 bits per heavy atom. The summed E-state index contributed by atoms with van der Waals surface area (Å²) in [6, 6.07) is 4.78. The molecule has 0 bridgehead atoms. The van der Waals surface area contributed by atoms with Gasteiger partial charge in [0.15, 0.2) is 0 Å². The Morgan fingerprint density at radius 3 is 2.71 bits per heavy atom. The van der Waals surface area contributed by atoms with Crippen molar-refractivity contribution in [2.75, 3.05) is 18.0 Å². The monoisotopic (exact) mass is 234 g/mol. The number of nitrogens with two attached hydrogens (primary N) is 1. The highest BCUT2D eigenvalue weighted by Gasteiger charge is 2.17. The van der Waals surface area contributed by atoms with Gasteiger partial charge in [-0.15, -0.1) is 0 Å². The van der Waals surface area contributed by atoms with Crippen LogP contribution in [0, 0.1) is 10.1 Å². The predicted octanol–water partition coefficient (Wildman–Crippen LogP) is 1.49. The zero-order valence-corrected chi connectivity index (χ0v) is 9.37. The van der Waals surface area contributed by atoms with Gasteiger partial charge in [-0.25, -0.2) is 0 Å². The van der Waals surface area contributed by atoms with E-state index in [4.69, 9.17) is 5.84 Å². The van der Waals surface area contributed by atoms with Crippen molar-refractivity contribution in [1.29, 1.82) is 0 Å². The molecule has 90 valence electrons. The molecule has 0 saturated carbocycles. The van der Waals surface area contributed by atoms with E-state index in [1.165, 1.54) is 18.3 Å². The second-order valence-corrected chi connectivity index (χ2v) is 3.97. The van der Waals surface area contributed by atoms with Gasteiger partial charge in [-0.3, -0.25) is 10.1 Å². The van der Waals surface area contributed by atoms with Crippen molar-refractivity contribution >= 4 is 17.6 Å². The Labute approximate surface area is 98.9 Å². The largest absolute Gasteiger partial charge is 0.371 e. The van der Waals surface area contributed by atoms with Crippen LogP contribution in [0.5, 0.6) is 0 Å². The van der Waals surface area contributed by atoms with Crippen molar-refractivity contribution in [3.05, 3.63) is 33.9 Å². The van der Waals surface area contributed by atoms with Crippen molar-refractivity contribution in [1.82, 2.24) is 0 Å². The smallest absolute Gasteiger partial charge is 0.270 e. The molecule has 1 aromatic rings. The average Bonchev–Trinajstić information content (AvgIpc) is 2.82. The molecule has 0 atom stereocenters. The molecular weight excluding hydrogens is 220 g/mol. The Hall–Kier alpha value is -2.11. The molecule has 1 fully saturated rings. The molecule has 1 aromatic carbocycles. The molecule has 6 heteroatoms. The summed E-state index contributed by atoms with van der Waals surface area (Å²) in [5.74, 6) is 5.14. The molecule has 1 saturated heterocycles. The lowest BCUT2D eigenvalue weighted by Gasteiger charge is -2.19. The summed E-state index contributed by atoms with van der Waals surface area (Å²) >= 11 is 0. The topological polar surface area (TPSA) is 84.8 Å². The molecule has 1 aliphatic heterocycles. The number of rotatable bonds is 3. The van der Waals surface area contributed by atoms with E-state index in [0.29, 0.717) is 5.56 Å². The third-order valence-electron chi connectivity index (χ3n) is 2.88. The average molecular weight is 234 g/mol. The predicted molar refractivity (Wildman–Crippen MR) is 66.3 cm³/mol. The molecule has 6 nitrogen and oxygen atoms in total. The minimum Gasteiger partial charge on any atom is -0.371 e. The third-order valence-corrected chi connectivity index (χ3v) is 2.88. The van der Waals surface area contributed by atoms with Gasteiger partial charge in [-0.05, 0) is 18.9 Å². The van der Waals surface area contributed by atoms with E-state index >= 15 is 0 Å². The standard InChI is InChI=1S/C11H14N4O2/c12-13-8-9-7-10(15(16)17)3-4-11(9)14-5-1-2-6-14/h3-4,7-8H,1-2,5-6,12H2. The fourth-order valence-corrected chi connectivity index (χ4v) is 2.09. The van der Waals surface area contributed by atoms with Gasteiger partial charge in [0, 0.05) is 36.5 Å². The van der Waals surface area contributed by atoms with Crippen LogP contribution in [0.25, 0.3) is 0 Å². The number of nitrogens with zero attached hydrogens (tertiary/aromatic N) is 3. The molecule has 0 aromatic heterocycles. The van der Waals surface area contributed by atoms with E-state index in [-0.39, 0.29) is 5.69 Å². The lowest BCUT2D eigenvalue weighted by Crippen LogP contribution is -2.19. The summed E-state index contributed by atoms with van der Waals surface area (Å²) in [4.78, 5) is 12.5. The van der Waals surface area contributed by atoms with Crippen LogP contribution in [0.4, 0.5) is 11.4 Å². The van der Waals surface area contributed by atoms with E-state index in [9.17, 15) is 10.1 Å². The Morgan fingerprint density at radius 1 is 1.41 bits per heavy atom. The highest BCUT2D eigenvalue weighted by Crippen LogP contribution is 2.27. The van der Waals surface area contributed by atoms with Gasteiger partial charge in [-0.1, -0.05) is 0 Å². The molecule has 0 radical (unpaired) electrons. The van der Waals surface area contributed by atoms with Gasteiger partial charge < -0.3 is 10.7 Å². The normalized spacial score (nSPS) is 15.6. The second-order valence-electron chi connectivity index (χ2n) is 3.97. The van der Waals surface area contributed by atoms with Gasteiger partial charge in [0.2, 0.25) is 0 Å². The number of nitro benzene ring substituents is 1. The second kappa shape index (κ2) is 4.82. The highest BCUT2D eigenvalue weighted by atomic mass is 16.6. The molecule has 0 aliphatic carbocycles. The SMILES string of the molecule is NN=Cc1cc([N+](=O)[O-])ccc1N1CCCC1.